The maximum Gasteiger partial charge on any atom is 0.343 e. The first kappa shape index (κ1) is 25.7. The first-order chi connectivity index (χ1) is 16.9. The van der Waals surface area contributed by atoms with Gasteiger partial charge in [-0.25, -0.2) is 14.4 Å². The number of unbranched alkanes of at least 4 members (excludes halogenated alkanes) is 3. The molecule has 0 saturated heterocycles. The van der Waals surface area contributed by atoms with Crippen LogP contribution in [0.5, 0.6) is 5.75 Å². The third kappa shape index (κ3) is 7.27. The van der Waals surface area contributed by atoms with Crippen molar-refractivity contribution in [3.05, 3.63) is 89.5 Å². The lowest BCUT2D eigenvalue weighted by molar-refractivity contribution is 0.0319. The van der Waals surface area contributed by atoms with Crippen molar-refractivity contribution >= 4 is 17.9 Å². The summed E-state index contributed by atoms with van der Waals surface area (Å²) in [5.74, 6) is -2.01. The van der Waals surface area contributed by atoms with E-state index < -0.39 is 17.9 Å². The second-order valence-corrected chi connectivity index (χ2v) is 8.41. The van der Waals surface area contributed by atoms with E-state index in [0.717, 1.165) is 31.2 Å². The molecule has 6 heteroatoms. The molecule has 0 aliphatic heterocycles. The molecule has 0 bridgehead atoms. The number of carbonyl (C=O) groups is 3. The highest BCUT2D eigenvalue weighted by atomic mass is 16.5. The van der Waals surface area contributed by atoms with Crippen LogP contribution in [0.3, 0.4) is 0 Å². The highest BCUT2D eigenvalue weighted by Crippen LogP contribution is 2.26. The molecule has 182 valence electrons. The molecule has 3 rings (SSSR count). The molecule has 0 heterocycles. The number of hydrogen-bond acceptors (Lipinski definition) is 5. The van der Waals surface area contributed by atoms with Gasteiger partial charge in [0.25, 0.3) is 0 Å². The molecule has 0 spiro atoms. The van der Waals surface area contributed by atoms with E-state index in [2.05, 4.69) is 6.92 Å². The van der Waals surface area contributed by atoms with Crippen LogP contribution >= 0.6 is 0 Å². The molecule has 1 atom stereocenters. The van der Waals surface area contributed by atoms with Gasteiger partial charge >= 0.3 is 17.9 Å². The summed E-state index contributed by atoms with van der Waals surface area (Å²) in [6.07, 6.45) is 5.14. The van der Waals surface area contributed by atoms with E-state index in [1.165, 1.54) is 42.8 Å². The predicted molar refractivity (Wildman–Crippen MR) is 134 cm³/mol. The summed E-state index contributed by atoms with van der Waals surface area (Å²) in [6, 6.07) is 19.6. The van der Waals surface area contributed by atoms with E-state index in [4.69, 9.17) is 9.47 Å². The van der Waals surface area contributed by atoms with E-state index in [9.17, 15) is 19.5 Å². The Morgan fingerprint density at radius 1 is 0.829 bits per heavy atom. The fourth-order valence-corrected chi connectivity index (χ4v) is 3.71. The van der Waals surface area contributed by atoms with Crippen molar-refractivity contribution in [3.8, 4) is 16.9 Å². The molecule has 0 radical (unpaired) electrons. The maximum absolute atomic E-state index is 12.6. The summed E-state index contributed by atoms with van der Waals surface area (Å²) in [4.78, 5) is 36.8. The van der Waals surface area contributed by atoms with E-state index in [1.807, 2.05) is 25.1 Å². The lowest BCUT2D eigenvalue weighted by Gasteiger charge is -2.13. The molecule has 1 N–H and O–H groups in total. The third-order valence-corrected chi connectivity index (χ3v) is 5.64. The summed E-state index contributed by atoms with van der Waals surface area (Å²) in [5.41, 5.74) is 1.74. The molecule has 0 fully saturated rings. The number of carbonyl (C=O) groups excluding carboxylic acids is 2. The average Bonchev–Trinajstić information content (AvgIpc) is 2.87. The number of hydrogen-bond donors (Lipinski definition) is 1. The van der Waals surface area contributed by atoms with Crippen LogP contribution in [0.1, 0.15) is 77.0 Å². The fourth-order valence-electron chi connectivity index (χ4n) is 3.71. The van der Waals surface area contributed by atoms with Crippen LogP contribution in [0.15, 0.2) is 72.8 Å². The Bertz CT molecular complexity index is 1150. The Kier molecular flexibility index (Phi) is 9.18. The molecule has 1 unspecified atom stereocenters. The summed E-state index contributed by atoms with van der Waals surface area (Å²) in [7, 11) is 0. The monoisotopic (exact) mass is 474 g/mol. The number of benzene rings is 3. The van der Waals surface area contributed by atoms with E-state index in [0.29, 0.717) is 11.1 Å². The molecule has 3 aromatic rings. The normalized spacial score (nSPS) is 11.5. The van der Waals surface area contributed by atoms with Gasteiger partial charge in [-0.15, -0.1) is 0 Å². The standard InChI is InChI=1S/C29H30O6/c1-3-4-5-7-10-20(2)34-28(32)22-13-16-24(17-14-22)35-29(33)23-15-18-25(26(19-23)27(30)31)21-11-8-6-9-12-21/h6,8-9,11-20H,3-5,7,10H2,1-2H3,(H,30,31). The zero-order valence-electron chi connectivity index (χ0n) is 20.0. The Morgan fingerprint density at radius 2 is 1.51 bits per heavy atom. The molecule has 0 amide bonds. The highest BCUT2D eigenvalue weighted by Gasteiger charge is 2.18. The smallest absolute Gasteiger partial charge is 0.343 e. The first-order valence-electron chi connectivity index (χ1n) is 11.8. The topological polar surface area (TPSA) is 89.9 Å². The lowest BCUT2D eigenvalue weighted by atomic mass is 9.97. The minimum atomic E-state index is -1.14. The van der Waals surface area contributed by atoms with Crippen molar-refractivity contribution < 1.29 is 29.0 Å². The van der Waals surface area contributed by atoms with Gasteiger partial charge in [0.15, 0.2) is 0 Å². The van der Waals surface area contributed by atoms with Crippen LogP contribution in [-0.2, 0) is 4.74 Å². The van der Waals surface area contributed by atoms with Gasteiger partial charge in [0, 0.05) is 0 Å². The zero-order chi connectivity index (χ0) is 25.2. The molecule has 0 aliphatic rings. The van der Waals surface area contributed by atoms with E-state index >= 15 is 0 Å². The third-order valence-electron chi connectivity index (χ3n) is 5.64. The number of aromatic carboxylic acids is 1. The first-order valence-corrected chi connectivity index (χ1v) is 11.8. The van der Waals surface area contributed by atoms with Gasteiger partial charge in [-0.2, -0.15) is 0 Å². The Hall–Kier alpha value is -3.93. The summed E-state index contributed by atoms with van der Waals surface area (Å²) < 4.78 is 10.9. The fraction of sp³-hybridized carbons (Fsp3) is 0.276. The van der Waals surface area contributed by atoms with Gasteiger partial charge in [-0.05, 0) is 67.3 Å². The Balaban J connectivity index is 1.63. The van der Waals surface area contributed by atoms with Crippen LogP contribution in [0, 0.1) is 0 Å². The van der Waals surface area contributed by atoms with Crippen molar-refractivity contribution in [2.45, 2.75) is 52.1 Å². The molecule has 35 heavy (non-hydrogen) atoms. The molecule has 3 aromatic carbocycles. The predicted octanol–water partition coefficient (Wildman–Crippen LogP) is 6.79. The van der Waals surface area contributed by atoms with Crippen molar-refractivity contribution in [1.29, 1.82) is 0 Å². The van der Waals surface area contributed by atoms with Gasteiger partial charge in [0.05, 0.1) is 22.8 Å². The lowest BCUT2D eigenvalue weighted by Crippen LogP contribution is -2.15. The Labute approximate surface area is 205 Å². The second kappa shape index (κ2) is 12.5. The largest absolute Gasteiger partial charge is 0.478 e. The molecular weight excluding hydrogens is 444 g/mol. The van der Waals surface area contributed by atoms with Crippen molar-refractivity contribution in [2.75, 3.05) is 0 Å². The number of ether oxygens (including phenoxy) is 2. The highest BCUT2D eigenvalue weighted by molar-refractivity contribution is 6.00. The molecule has 0 saturated carbocycles. The minimum Gasteiger partial charge on any atom is -0.478 e. The van der Waals surface area contributed by atoms with Crippen LogP contribution in [0.25, 0.3) is 11.1 Å². The molecule has 0 aliphatic carbocycles. The molecule has 0 aromatic heterocycles. The van der Waals surface area contributed by atoms with Gasteiger partial charge < -0.3 is 14.6 Å². The zero-order valence-corrected chi connectivity index (χ0v) is 20.0. The summed E-state index contributed by atoms with van der Waals surface area (Å²) in [5, 5.41) is 9.64. The van der Waals surface area contributed by atoms with Gasteiger partial charge in [-0.3, -0.25) is 0 Å². The van der Waals surface area contributed by atoms with Gasteiger partial charge in [0.1, 0.15) is 5.75 Å². The second-order valence-electron chi connectivity index (χ2n) is 8.41. The molecule has 6 nitrogen and oxygen atoms in total. The SMILES string of the molecule is CCCCCCC(C)OC(=O)c1ccc(OC(=O)c2ccc(-c3ccccc3)c(C(=O)O)c2)cc1. The number of rotatable bonds is 11. The summed E-state index contributed by atoms with van der Waals surface area (Å²) >= 11 is 0. The van der Waals surface area contributed by atoms with Crippen molar-refractivity contribution in [1.82, 2.24) is 0 Å². The quantitative estimate of drug-likeness (QED) is 0.187. The van der Waals surface area contributed by atoms with Crippen LogP contribution in [0.2, 0.25) is 0 Å². The number of esters is 2. The number of carboxylic acid groups (broad SMARTS) is 1. The molecular formula is C29H30O6. The van der Waals surface area contributed by atoms with Crippen molar-refractivity contribution in [2.24, 2.45) is 0 Å². The van der Waals surface area contributed by atoms with Crippen LogP contribution in [-0.4, -0.2) is 29.1 Å². The van der Waals surface area contributed by atoms with Gasteiger partial charge in [-0.1, -0.05) is 62.6 Å². The van der Waals surface area contributed by atoms with Crippen LogP contribution < -0.4 is 4.74 Å². The van der Waals surface area contributed by atoms with E-state index in [-0.39, 0.29) is 23.0 Å². The summed E-state index contributed by atoms with van der Waals surface area (Å²) in [6.45, 7) is 4.04. The van der Waals surface area contributed by atoms with Crippen LogP contribution in [0.4, 0.5) is 0 Å². The number of carboxylic acids is 1. The van der Waals surface area contributed by atoms with Crippen molar-refractivity contribution in [3.63, 3.8) is 0 Å². The van der Waals surface area contributed by atoms with E-state index in [1.54, 1.807) is 18.2 Å². The Morgan fingerprint density at radius 3 is 2.17 bits per heavy atom. The average molecular weight is 475 g/mol. The minimum absolute atomic E-state index is 0.00700. The van der Waals surface area contributed by atoms with Gasteiger partial charge in [0.2, 0.25) is 0 Å². The maximum atomic E-state index is 12.6.